The van der Waals surface area contributed by atoms with Crippen LogP contribution in [-0.4, -0.2) is 65.2 Å². The highest BCUT2D eigenvalue weighted by atomic mass is 16.6. The lowest BCUT2D eigenvalue weighted by Crippen LogP contribution is -2.50. The van der Waals surface area contributed by atoms with Gasteiger partial charge in [0, 0.05) is 0 Å². The van der Waals surface area contributed by atoms with Gasteiger partial charge in [-0.15, -0.1) is 0 Å². The standard InChI is InChI=1S/C11H16N2O5/c14-9(13-5-6-18-11(13)17)7-12-4-2-1-3-8(12)10(15)16/h8H,1-7H2,(H,15,16). The van der Waals surface area contributed by atoms with Gasteiger partial charge in [-0.05, 0) is 19.4 Å². The Balaban J connectivity index is 1.96. The first-order valence-corrected chi connectivity index (χ1v) is 6.03. The van der Waals surface area contributed by atoms with Crippen LogP contribution in [0.15, 0.2) is 0 Å². The zero-order valence-corrected chi connectivity index (χ0v) is 10.0. The van der Waals surface area contributed by atoms with Crippen LogP contribution in [0.3, 0.4) is 0 Å². The summed E-state index contributed by atoms with van der Waals surface area (Å²) in [6.07, 6.45) is 1.64. The van der Waals surface area contributed by atoms with Crippen molar-refractivity contribution in [3.8, 4) is 0 Å². The Morgan fingerprint density at radius 3 is 2.72 bits per heavy atom. The van der Waals surface area contributed by atoms with Gasteiger partial charge >= 0.3 is 12.1 Å². The van der Waals surface area contributed by atoms with Crippen molar-refractivity contribution in [3.05, 3.63) is 0 Å². The van der Waals surface area contributed by atoms with Gasteiger partial charge < -0.3 is 9.84 Å². The second kappa shape index (κ2) is 5.34. The van der Waals surface area contributed by atoms with Gasteiger partial charge in [0.15, 0.2) is 0 Å². The molecule has 1 atom stereocenters. The molecule has 18 heavy (non-hydrogen) atoms. The van der Waals surface area contributed by atoms with Gasteiger partial charge in [0.05, 0.1) is 13.1 Å². The molecule has 1 unspecified atom stereocenters. The van der Waals surface area contributed by atoms with Crippen molar-refractivity contribution in [1.82, 2.24) is 9.80 Å². The van der Waals surface area contributed by atoms with E-state index in [1.807, 2.05) is 0 Å². The predicted molar refractivity (Wildman–Crippen MR) is 59.9 cm³/mol. The van der Waals surface area contributed by atoms with E-state index in [2.05, 4.69) is 4.74 Å². The fourth-order valence-electron chi connectivity index (χ4n) is 2.34. The number of carbonyl (C=O) groups excluding carboxylic acids is 2. The summed E-state index contributed by atoms with van der Waals surface area (Å²) in [6.45, 7) is 1.01. The topological polar surface area (TPSA) is 87.2 Å². The smallest absolute Gasteiger partial charge is 0.416 e. The highest BCUT2D eigenvalue weighted by Crippen LogP contribution is 2.17. The highest BCUT2D eigenvalue weighted by Gasteiger charge is 2.34. The molecule has 0 aromatic heterocycles. The lowest BCUT2D eigenvalue weighted by molar-refractivity contribution is -0.145. The van der Waals surface area contributed by atoms with E-state index in [4.69, 9.17) is 5.11 Å². The van der Waals surface area contributed by atoms with E-state index in [9.17, 15) is 14.4 Å². The van der Waals surface area contributed by atoms with Crippen LogP contribution in [-0.2, 0) is 14.3 Å². The van der Waals surface area contributed by atoms with E-state index in [-0.39, 0.29) is 25.6 Å². The van der Waals surface area contributed by atoms with Crippen molar-refractivity contribution in [3.63, 3.8) is 0 Å². The molecule has 2 aliphatic rings. The molecule has 7 nitrogen and oxygen atoms in total. The molecule has 2 rings (SSSR count). The average molecular weight is 256 g/mol. The quantitative estimate of drug-likeness (QED) is 0.759. The summed E-state index contributed by atoms with van der Waals surface area (Å²) in [7, 11) is 0. The largest absolute Gasteiger partial charge is 0.480 e. The van der Waals surface area contributed by atoms with Gasteiger partial charge in [0.2, 0.25) is 5.91 Å². The third kappa shape index (κ3) is 2.61. The van der Waals surface area contributed by atoms with Crippen molar-refractivity contribution in [1.29, 1.82) is 0 Å². The Morgan fingerprint density at radius 2 is 2.11 bits per heavy atom. The van der Waals surface area contributed by atoms with Gasteiger partial charge in [0.25, 0.3) is 0 Å². The van der Waals surface area contributed by atoms with Crippen molar-refractivity contribution >= 4 is 18.0 Å². The number of cyclic esters (lactones) is 1. The molecule has 2 amide bonds. The summed E-state index contributed by atoms with van der Waals surface area (Å²) in [5, 5.41) is 9.08. The van der Waals surface area contributed by atoms with Crippen molar-refractivity contribution in [2.75, 3.05) is 26.2 Å². The maximum Gasteiger partial charge on any atom is 0.416 e. The van der Waals surface area contributed by atoms with Crippen molar-refractivity contribution in [2.45, 2.75) is 25.3 Å². The highest BCUT2D eigenvalue weighted by molar-refractivity contribution is 5.94. The number of hydrogen-bond acceptors (Lipinski definition) is 5. The summed E-state index contributed by atoms with van der Waals surface area (Å²) in [5.74, 6) is -1.29. The second-order valence-corrected chi connectivity index (χ2v) is 4.48. The van der Waals surface area contributed by atoms with Crippen LogP contribution in [0, 0.1) is 0 Å². The van der Waals surface area contributed by atoms with E-state index < -0.39 is 18.1 Å². The third-order valence-corrected chi connectivity index (χ3v) is 3.30. The molecule has 0 aromatic carbocycles. The summed E-state index contributed by atoms with van der Waals surface area (Å²) < 4.78 is 4.68. The molecule has 0 saturated carbocycles. The van der Waals surface area contributed by atoms with Crippen LogP contribution < -0.4 is 0 Å². The van der Waals surface area contributed by atoms with Crippen molar-refractivity contribution in [2.24, 2.45) is 0 Å². The third-order valence-electron chi connectivity index (χ3n) is 3.30. The molecular weight excluding hydrogens is 240 g/mol. The lowest BCUT2D eigenvalue weighted by atomic mass is 10.0. The van der Waals surface area contributed by atoms with Crippen LogP contribution in [0.1, 0.15) is 19.3 Å². The summed E-state index contributed by atoms with van der Waals surface area (Å²) in [4.78, 5) is 36.8. The van der Waals surface area contributed by atoms with Crippen LogP contribution in [0.5, 0.6) is 0 Å². The first-order chi connectivity index (χ1) is 8.59. The molecule has 0 aromatic rings. The summed E-state index contributed by atoms with van der Waals surface area (Å²) >= 11 is 0. The van der Waals surface area contributed by atoms with E-state index in [0.717, 1.165) is 17.7 Å². The molecule has 2 aliphatic heterocycles. The fourth-order valence-corrected chi connectivity index (χ4v) is 2.34. The van der Waals surface area contributed by atoms with Crippen LogP contribution in [0.2, 0.25) is 0 Å². The Kier molecular flexibility index (Phi) is 3.81. The number of piperidine rings is 1. The predicted octanol–water partition coefficient (Wildman–Crippen LogP) is -0.0957. The minimum atomic E-state index is -0.911. The number of imide groups is 1. The van der Waals surface area contributed by atoms with Crippen molar-refractivity contribution < 1.29 is 24.2 Å². The second-order valence-electron chi connectivity index (χ2n) is 4.48. The molecule has 1 N–H and O–H groups in total. The Morgan fingerprint density at radius 1 is 1.33 bits per heavy atom. The van der Waals surface area contributed by atoms with Gasteiger partial charge in [-0.1, -0.05) is 6.42 Å². The number of amides is 2. The maximum atomic E-state index is 11.9. The maximum absolute atomic E-state index is 11.9. The Bertz CT molecular complexity index is 370. The molecule has 7 heteroatoms. The zero-order chi connectivity index (χ0) is 13.1. The van der Waals surface area contributed by atoms with Gasteiger partial charge in [-0.25, -0.2) is 9.69 Å². The van der Waals surface area contributed by atoms with Gasteiger partial charge in [-0.3, -0.25) is 14.5 Å². The minimum absolute atomic E-state index is 0.0356. The number of nitrogens with zero attached hydrogens (tertiary/aromatic N) is 2. The number of aliphatic carboxylic acids is 1. The molecule has 100 valence electrons. The molecule has 2 fully saturated rings. The average Bonchev–Trinajstić information content (AvgIpc) is 2.76. The number of likely N-dealkylation sites (tertiary alicyclic amines) is 1. The van der Waals surface area contributed by atoms with Gasteiger partial charge in [0.1, 0.15) is 12.6 Å². The van der Waals surface area contributed by atoms with E-state index in [1.54, 1.807) is 4.90 Å². The molecule has 0 bridgehead atoms. The first kappa shape index (κ1) is 12.8. The number of rotatable bonds is 3. The van der Waals surface area contributed by atoms with Gasteiger partial charge in [-0.2, -0.15) is 0 Å². The molecule has 0 spiro atoms. The van der Waals surface area contributed by atoms with E-state index in [1.165, 1.54) is 0 Å². The van der Waals surface area contributed by atoms with Crippen LogP contribution in [0.4, 0.5) is 4.79 Å². The van der Waals surface area contributed by atoms with E-state index in [0.29, 0.717) is 13.0 Å². The molecule has 0 aliphatic carbocycles. The normalized spacial score (nSPS) is 25.0. The number of carboxylic acid groups (broad SMARTS) is 1. The summed E-state index contributed by atoms with van der Waals surface area (Å²) in [5.41, 5.74) is 0. The van der Waals surface area contributed by atoms with Crippen LogP contribution in [0.25, 0.3) is 0 Å². The molecule has 0 radical (unpaired) electrons. The Hall–Kier alpha value is -1.63. The lowest BCUT2D eigenvalue weighted by Gasteiger charge is -2.32. The minimum Gasteiger partial charge on any atom is -0.480 e. The number of carbonyl (C=O) groups is 3. The van der Waals surface area contributed by atoms with E-state index >= 15 is 0 Å². The number of hydrogen-bond donors (Lipinski definition) is 1. The summed E-state index contributed by atoms with van der Waals surface area (Å²) in [6, 6.07) is -0.624. The molecular formula is C11H16N2O5. The zero-order valence-electron chi connectivity index (χ0n) is 10.0. The number of carboxylic acids is 1. The number of ether oxygens (including phenoxy) is 1. The Labute approximate surface area is 104 Å². The first-order valence-electron chi connectivity index (χ1n) is 6.03. The van der Waals surface area contributed by atoms with Crippen LogP contribution >= 0.6 is 0 Å². The monoisotopic (exact) mass is 256 g/mol. The molecule has 2 heterocycles. The fraction of sp³-hybridized carbons (Fsp3) is 0.727. The SMILES string of the molecule is O=C(O)C1CCCCN1CC(=O)N1CCOC1=O. The molecule has 2 saturated heterocycles.